The molecule has 0 radical (unpaired) electrons. The lowest BCUT2D eigenvalue weighted by atomic mass is 10.2. The van der Waals surface area contributed by atoms with Gasteiger partial charge in [0.25, 0.3) is 0 Å². The SMILES string of the molecule is C=CC(=O)Oc1cc(C=O)cc(OC(=O)C=C)c1. The van der Waals surface area contributed by atoms with Crippen LogP contribution in [0.25, 0.3) is 0 Å². The monoisotopic (exact) mass is 246 g/mol. The van der Waals surface area contributed by atoms with Crippen LogP contribution in [-0.2, 0) is 9.59 Å². The fraction of sp³-hybridized carbons (Fsp3) is 0. The number of carbonyl (C=O) groups is 3. The van der Waals surface area contributed by atoms with Gasteiger partial charge in [0.05, 0.1) is 0 Å². The van der Waals surface area contributed by atoms with Gasteiger partial charge in [-0.15, -0.1) is 0 Å². The highest BCUT2D eigenvalue weighted by molar-refractivity contribution is 5.86. The maximum atomic E-state index is 11.0. The maximum absolute atomic E-state index is 11.0. The van der Waals surface area contributed by atoms with Crippen LogP contribution in [0.15, 0.2) is 43.5 Å². The van der Waals surface area contributed by atoms with E-state index in [4.69, 9.17) is 9.47 Å². The Bertz CT molecular complexity index is 476. The zero-order valence-corrected chi connectivity index (χ0v) is 9.42. The van der Waals surface area contributed by atoms with Crippen LogP contribution >= 0.6 is 0 Å². The summed E-state index contributed by atoms with van der Waals surface area (Å²) in [7, 11) is 0. The van der Waals surface area contributed by atoms with Crippen molar-refractivity contribution < 1.29 is 23.9 Å². The van der Waals surface area contributed by atoms with Crippen LogP contribution in [-0.4, -0.2) is 18.2 Å². The van der Waals surface area contributed by atoms with Gasteiger partial charge in [0.1, 0.15) is 17.8 Å². The summed E-state index contributed by atoms with van der Waals surface area (Å²) in [5, 5.41) is 0. The number of benzene rings is 1. The molecule has 0 N–H and O–H groups in total. The number of carbonyl (C=O) groups excluding carboxylic acids is 3. The minimum absolute atomic E-state index is 0.0800. The van der Waals surface area contributed by atoms with Gasteiger partial charge in [0.15, 0.2) is 0 Å². The highest BCUT2D eigenvalue weighted by atomic mass is 16.5. The largest absolute Gasteiger partial charge is 0.423 e. The lowest BCUT2D eigenvalue weighted by molar-refractivity contribution is -0.129. The van der Waals surface area contributed by atoms with Crippen LogP contribution in [0, 0.1) is 0 Å². The standard InChI is InChI=1S/C13H10O5/c1-3-12(15)17-10-5-9(8-14)6-11(7-10)18-13(16)4-2/h3-8H,1-2H2. The second-order valence-electron chi connectivity index (χ2n) is 3.11. The van der Waals surface area contributed by atoms with Gasteiger partial charge in [0, 0.05) is 23.8 Å². The van der Waals surface area contributed by atoms with E-state index in [0.29, 0.717) is 6.29 Å². The van der Waals surface area contributed by atoms with Crippen LogP contribution in [0.4, 0.5) is 0 Å². The molecule has 0 aliphatic rings. The third-order valence-electron chi connectivity index (χ3n) is 1.81. The summed E-state index contributed by atoms with van der Waals surface area (Å²) >= 11 is 0. The first-order chi connectivity index (χ1) is 8.58. The molecule has 0 amide bonds. The molecule has 1 aromatic carbocycles. The van der Waals surface area contributed by atoms with Crippen molar-refractivity contribution in [2.75, 3.05) is 0 Å². The van der Waals surface area contributed by atoms with E-state index in [2.05, 4.69) is 13.2 Å². The van der Waals surface area contributed by atoms with E-state index >= 15 is 0 Å². The van der Waals surface area contributed by atoms with E-state index < -0.39 is 11.9 Å². The predicted molar refractivity (Wildman–Crippen MR) is 63.5 cm³/mol. The van der Waals surface area contributed by atoms with E-state index in [1.807, 2.05) is 0 Å². The molecule has 0 aromatic heterocycles. The topological polar surface area (TPSA) is 69.7 Å². The Labute approximate surface area is 103 Å². The molecular weight excluding hydrogens is 236 g/mol. The third-order valence-corrected chi connectivity index (χ3v) is 1.81. The fourth-order valence-corrected chi connectivity index (χ4v) is 1.10. The average Bonchev–Trinajstić information content (AvgIpc) is 2.37. The average molecular weight is 246 g/mol. The lowest BCUT2D eigenvalue weighted by Gasteiger charge is -2.06. The number of rotatable bonds is 5. The summed E-state index contributed by atoms with van der Waals surface area (Å²) in [6.45, 7) is 6.48. The van der Waals surface area contributed by atoms with Gasteiger partial charge < -0.3 is 9.47 Å². The molecule has 0 atom stereocenters. The molecule has 0 fully saturated rings. The van der Waals surface area contributed by atoms with E-state index in [0.717, 1.165) is 12.2 Å². The van der Waals surface area contributed by atoms with Crippen LogP contribution in [0.5, 0.6) is 11.5 Å². The molecule has 0 aliphatic carbocycles. The molecule has 5 nitrogen and oxygen atoms in total. The van der Waals surface area contributed by atoms with Gasteiger partial charge in [0.2, 0.25) is 0 Å². The summed E-state index contributed by atoms with van der Waals surface area (Å²) in [6.07, 6.45) is 2.49. The zero-order chi connectivity index (χ0) is 13.5. The summed E-state index contributed by atoms with van der Waals surface area (Å²) in [6, 6.07) is 3.97. The highest BCUT2D eigenvalue weighted by Gasteiger charge is 2.07. The van der Waals surface area contributed by atoms with Crippen molar-refractivity contribution in [3.05, 3.63) is 49.1 Å². The number of aldehydes is 1. The number of esters is 2. The van der Waals surface area contributed by atoms with Gasteiger partial charge in [-0.1, -0.05) is 13.2 Å². The molecule has 0 bridgehead atoms. The van der Waals surface area contributed by atoms with E-state index in [9.17, 15) is 14.4 Å². The lowest BCUT2D eigenvalue weighted by Crippen LogP contribution is -2.06. The Kier molecular flexibility index (Phi) is 4.57. The van der Waals surface area contributed by atoms with Crippen molar-refractivity contribution in [2.45, 2.75) is 0 Å². The molecular formula is C13H10O5. The van der Waals surface area contributed by atoms with Gasteiger partial charge in [-0.05, 0) is 12.1 Å². The zero-order valence-electron chi connectivity index (χ0n) is 9.42. The van der Waals surface area contributed by atoms with Gasteiger partial charge in [-0.2, -0.15) is 0 Å². The summed E-state index contributed by atoms with van der Waals surface area (Å²) in [5.74, 6) is -1.20. The first kappa shape index (κ1) is 13.4. The van der Waals surface area contributed by atoms with Crippen LogP contribution in [0.1, 0.15) is 10.4 Å². The summed E-state index contributed by atoms with van der Waals surface area (Å²) in [5.41, 5.74) is 0.205. The van der Waals surface area contributed by atoms with Crippen LogP contribution in [0.3, 0.4) is 0 Å². The molecule has 18 heavy (non-hydrogen) atoms. The number of ether oxygens (including phenoxy) is 2. The molecule has 0 aliphatic heterocycles. The minimum atomic E-state index is -0.681. The molecule has 5 heteroatoms. The van der Waals surface area contributed by atoms with Crippen molar-refractivity contribution in [1.82, 2.24) is 0 Å². The second kappa shape index (κ2) is 6.15. The third kappa shape index (κ3) is 3.71. The fourth-order valence-electron chi connectivity index (χ4n) is 1.10. The summed E-state index contributed by atoms with van der Waals surface area (Å²) in [4.78, 5) is 32.7. The molecule has 0 unspecified atom stereocenters. The quantitative estimate of drug-likeness (QED) is 0.342. The van der Waals surface area contributed by atoms with Crippen LogP contribution < -0.4 is 9.47 Å². The molecule has 0 heterocycles. The van der Waals surface area contributed by atoms with Crippen molar-refractivity contribution in [1.29, 1.82) is 0 Å². The van der Waals surface area contributed by atoms with E-state index in [-0.39, 0.29) is 17.1 Å². The van der Waals surface area contributed by atoms with Gasteiger partial charge in [-0.3, -0.25) is 4.79 Å². The Morgan fingerprint density at radius 2 is 1.39 bits per heavy atom. The summed E-state index contributed by atoms with van der Waals surface area (Å²) < 4.78 is 9.66. The van der Waals surface area contributed by atoms with Crippen molar-refractivity contribution in [2.24, 2.45) is 0 Å². The first-order valence-corrected chi connectivity index (χ1v) is 4.88. The van der Waals surface area contributed by atoms with Crippen molar-refractivity contribution in [3.63, 3.8) is 0 Å². The van der Waals surface area contributed by atoms with E-state index in [1.165, 1.54) is 18.2 Å². The molecule has 0 saturated carbocycles. The van der Waals surface area contributed by atoms with Gasteiger partial charge >= 0.3 is 11.9 Å². The molecule has 1 rings (SSSR count). The Hall–Kier alpha value is -2.69. The molecule has 92 valence electrons. The molecule has 0 spiro atoms. The number of hydrogen-bond donors (Lipinski definition) is 0. The maximum Gasteiger partial charge on any atom is 0.335 e. The Morgan fingerprint density at radius 1 is 0.944 bits per heavy atom. The van der Waals surface area contributed by atoms with E-state index in [1.54, 1.807) is 0 Å². The van der Waals surface area contributed by atoms with Crippen molar-refractivity contribution >= 4 is 18.2 Å². The second-order valence-corrected chi connectivity index (χ2v) is 3.11. The first-order valence-electron chi connectivity index (χ1n) is 4.88. The highest BCUT2D eigenvalue weighted by Crippen LogP contribution is 2.22. The Morgan fingerprint density at radius 3 is 1.72 bits per heavy atom. The number of hydrogen-bond acceptors (Lipinski definition) is 5. The van der Waals surface area contributed by atoms with Crippen molar-refractivity contribution in [3.8, 4) is 11.5 Å². The Balaban J connectivity index is 3.04. The predicted octanol–water partition coefficient (Wildman–Crippen LogP) is 1.68. The van der Waals surface area contributed by atoms with Crippen LogP contribution in [0.2, 0.25) is 0 Å². The molecule has 1 aromatic rings. The molecule has 0 saturated heterocycles. The van der Waals surface area contributed by atoms with Gasteiger partial charge in [-0.25, -0.2) is 9.59 Å². The minimum Gasteiger partial charge on any atom is -0.423 e. The smallest absolute Gasteiger partial charge is 0.335 e. The normalized spacial score (nSPS) is 9.11.